The van der Waals surface area contributed by atoms with Crippen molar-refractivity contribution in [3.8, 4) is 11.3 Å². The molecule has 0 bridgehead atoms. The molecule has 0 spiro atoms. The highest BCUT2D eigenvalue weighted by molar-refractivity contribution is 5.81. The molecule has 0 unspecified atom stereocenters. The molecule has 27 heavy (non-hydrogen) atoms. The van der Waals surface area contributed by atoms with Gasteiger partial charge >= 0.3 is 0 Å². The van der Waals surface area contributed by atoms with Crippen LogP contribution in [0.25, 0.3) is 11.3 Å². The SMILES string of the molecule is Cc1ccc(-c2cc(CN(Cc3ccccc3)C(=O)C3CC3)no2)cc1C. The van der Waals surface area contributed by atoms with Gasteiger partial charge in [0, 0.05) is 24.1 Å². The van der Waals surface area contributed by atoms with Crippen molar-refractivity contribution in [2.75, 3.05) is 0 Å². The summed E-state index contributed by atoms with van der Waals surface area (Å²) in [6.07, 6.45) is 1.99. The molecular weight excluding hydrogens is 336 g/mol. The molecule has 138 valence electrons. The van der Waals surface area contributed by atoms with Gasteiger partial charge in [-0.2, -0.15) is 0 Å². The Bertz CT molecular complexity index is 942. The fourth-order valence-corrected chi connectivity index (χ4v) is 3.22. The lowest BCUT2D eigenvalue weighted by atomic mass is 10.0. The Hall–Kier alpha value is -2.88. The van der Waals surface area contributed by atoms with E-state index in [0.717, 1.165) is 35.4 Å². The number of amides is 1. The van der Waals surface area contributed by atoms with Gasteiger partial charge in [-0.15, -0.1) is 0 Å². The lowest BCUT2D eigenvalue weighted by Crippen LogP contribution is -2.31. The number of carbonyl (C=O) groups is 1. The average Bonchev–Trinajstić information content (AvgIpc) is 3.43. The van der Waals surface area contributed by atoms with Crippen LogP contribution >= 0.6 is 0 Å². The molecule has 4 heteroatoms. The van der Waals surface area contributed by atoms with Crippen LogP contribution in [0.3, 0.4) is 0 Å². The Kier molecular flexibility index (Phi) is 4.80. The summed E-state index contributed by atoms with van der Waals surface area (Å²) < 4.78 is 5.56. The zero-order chi connectivity index (χ0) is 18.8. The third-order valence-corrected chi connectivity index (χ3v) is 5.16. The van der Waals surface area contributed by atoms with E-state index in [2.05, 4.69) is 43.3 Å². The molecule has 1 heterocycles. The van der Waals surface area contributed by atoms with Gasteiger partial charge in [-0.3, -0.25) is 4.79 Å². The first-order valence-electron chi connectivity index (χ1n) is 9.46. The summed E-state index contributed by atoms with van der Waals surface area (Å²) in [5, 5.41) is 4.22. The van der Waals surface area contributed by atoms with Crippen LogP contribution in [0.5, 0.6) is 0 Å². The Morgan fingerprint density at radius 2 is 1.81 bits per heavy atom. The molecule has 1 amide bonds. The first-order valence-corrected chi connectivity index (χ1v) is 9.46. The summed E-state index contributed by atoms with van der Waals surface area (Å²) in [5.74, 6) is 1.14. The van der Waals surface area contributed by atoms with Crippen molar-refractivity contribution < 1.29 is 9.32 Å². The number of hydrogen-bond acceptors (Lipinski definition) is 3. The summed E-state index contributed by atoms with van der Waals surface area (Å²) in [4.78, 5) is 14.6. The van der Waals surface area contributed by atoms with Crippen LogP contribution < -0.4 is 0 Å². The molecule has 1 aliphatic carbocycles. The topological polar surface area (TPSA) is 46.3 Å². The van der Waals surface area contributed by atoms with E-state index >= 15 is 0 Å². The smallest absolute Gasteiger partial charge is 0.226 e. The second kappa shape index (κ2) is 7.39. The second-order valence-corrected chi connectivity index (χ2v) is 7.44. The predicted octanol–water partition coefficient (Wildman–Crippen LogP) is 4.90. The van der Waals surface area contributed by atoms with Crippen molar-refractivity contribution in [3.05, 3.63) is 77.0 Å². The minimum atomic E-state index is 0.180. The van der Waals surface area contributed by atoms with E-state index in [0.29, 0.717) is 13.1 Å². The van der Waals surface area contributed by atoms with Gasteiger partial charge in [-0.1, -0.05) is 47.6 Å². The van der Waals surface area contributed by atoms with E-state index in [1.165, 1.54) is 11.1 Å². The summed E-state index contributed by atoms with van der Waals surface area (Å²) in [6, 6.07) is 18.3. The number of aryl methyl sites for hydroxylation is 2. The van der Waals surface area contributed by atoms with Crippen LogP contribution in [0.15, 0.2) is 59.1 Å². The van der Waals surface area contributed by atoms with Crippen molar-refractivity contribution in [1.29, 1.82) is 0 Å². The Morgan fingerprint density at radius 1 is 1.04 bits per heavy atom. The molecule has 4 nitrogen and oxygen atoms in total. The highest BCUT2D eigenvalue weighted by Gasteiger charge is 2.33. The number of hydrogen-bond donors (Lipinski definition) is 0. The highest BCUT2D eigenvalue weighted by atomic mass is 16.5. The molecule has 0 saturated heterocycles. The van der Waals surface area contributed by atoms with Gasteiger partial charge in [0.2, 0.25) is 5.91 Å². The molecule has 4 rings (SSSR count). The zero-order valence-corrected chi connectivity index (χ0v) is 15.8. The average molecular weight is 360 g/mol. The molecule has 2 aromatic carbocycles. The van der Waals surface area contributed by atoms with Crippen molar-refractivity contribution in [3.63, 3.8) is 0 Å². The number of benzene rings is 2. The maximum Gasteiger partial charge on any atom is 0.226 e. The molecule has 1 fully saturated rings. The van der Waals surface area contributed by atoms with Gasteiger partial charge in [-0.25, -0.2) is 0 Å². The van der Waals surface area contributed by atoms with E-state index < -0.39 is 0 Å². The first kappa shape index (κ1) is 17.5. The molecule has 1 saturated carbocycles. The van der Waals surface area contributed by atoms with E-state index in [1.54, 1.807) is 0 Å². The van der Waals surface area contributed by atoms with Gasteiger partial charge in [0.15, 0.2) is 5.76 Å². The maximum absolute atomic E-state index is 12.7. The third kappa shape index (κ3) is 4.11. The van der Waals surface area contributed by atoms with Gasteiger partial charge in [0.1, 0.15) is 5.69 Å². The van der Waals surface area contributed by atoms with E-state index in [-0.39, 0.29) is 11.8 Å². The van der Waals surface area contributed by atoms with Crippen LogP contribution in [0.2, 0.25) is 0 Å². The minimum Gasteiger partial charge on any atom is -0.356 e. The lowest BCUT2D eigenvalue weighted by molar-refractivity contribution is -0.133. The Morgan fingerprint density at radius 3 is 2.52 bits per heavy atom. The van der Waals surface area contributed by atoms with Crippen LogP contribution in [-0.4, -0.2) is 16.0 Å². The molecule has 0 N–H and O–H groups in total. The first-order chi connectivity index (χ1) is 13.1. The molecule has 3 aromatic rings. The monoisotopic (exact) mass is 360 g/mol. The fraction of sp³-hybridized carbons (Fsp3) is 0.304. The van der Waals surface area contributed by atoms with Crippen molar-refractivity contribution in [2.45, 2.75) is 39.8 Å². The highest BCUT2D eigenvalue weighted by Crippen LogP contribution is 2.32. The summed E-state index contributed by atoms with van der Waals surface area (Å²) >= 11 is 0. The third-order valence-electron chi connectivity index (χ3n) is 5.16. The van der Waals surface area contributed by atoms with Gasteiger partial charge < -0.3 is 9.42 Å². The Labute approximate surface area is 159 Å². The molecule has 0 radical (unpaired) electrons. The second-order valence-electron chi connectivity index (χ2n) is 7.44. The fourth-order valence-electron chi connectivity index (χ4n) is 3.22. The summed E-state index contributed by atoms with van der Waals surface area (Å²) in [7, 11) is 0. The molecule has 1 aliphatic rings. The molecule has 0 atom stereocenters. The van der Waals surface area contributed by atoms with Crippen molar-refractivity contribution in [2.24, 2.45) is 5.92 Å². The largest absolute Gasteiger partial charge is 0.356 e. The van der Waals surface area contributed by atoms with Gasteiger partial charge in [0.25, 0.3) is 0 Å². The number of aromatic nitrogens is 1. The Balaban J connectivity index is 1.53. The maximum atomic E-state index is 12.7. The lowest BCUT2D eigenvalue weighted by Gasteiger charge is -2.21. The van der Waals surface area contributed by atoms with E-state index in [9.17, 15) is 4.79 Å². The minimum absolute atomic E-state index is 0.180. The zero-order valence-electron chi connectivity index (χ0n) is 15.8. The normalized spacial score (nSPS) is 13.6. The molecule has 1 aromatic heterocycles. The number of rotatable bonds is 6. The predicted molar refractivity (Wildman–Crippen MR) is 105 cm³/mol. The van der Waals surface area contributed by atoms with E-state index in [4.69, 9.17) is 4.52 Å². The van der Waals surface area contributed by atoms with E-state index in [1.807, 2.05) is 35.2 Å². The van der Waals surface area contributed by atoms with Crippen molar-refractivity contribution in [1.82, 2.24) is 10.1 Å². The van der Waals surface area contributed by atoms with Crippen LogP contribution in [0.4, 0.5) is 0 Å². The molecular formula is C23H24N2O2. The quantitative estimate of drug-likeness (QED) is 0.628. The van der Waals surface area contributed by atoms with Crippen molar-refractivity contribution >= 4 is 5.91 Å². The summed E-state index contributed by atoms with van der Waals surface area (Å²) in [5.41, 5.74) is 5.40. The van der Waals surface area contributed by atoms with Crippen LogP contribution in [-0.2, 0) is 17.9 Å². The number of carbonyl (C=O) groups excluding carboxylic acids is 1. The van der Waals surface area contributed by atoms with Gasteiger partial charge in [-0.05, 0) is 49.4 Å². The molecule has 0 aliphatic heterocycles. The number of nitrogens with zero attached hydrogens (tertiary/aromatic N) is 2. The standard InChI is InChI=1S/C23H24N2O2/c1-16-8-9-20(12-17(16)2)22-13-21(24-27-22)15-25(23(26)19-10-11-19)14-18-6-4-3-5-7-18/h3-9,12-13,19H,10-11,14-15H2,1-2H3. The summed E-state index contributed by atoms with van der Waals surface area (Å²) in [6.45, 7) is 5.25. The van der Waals surface area contributed by atoms with Crippen LogP contribution in [0.1, 0.15) is 35.2 Å². The van der Waals surface area contributed by atoms with Gasteiger partial charge in [0.05, 0.1) is 6.54 Å². The van der Waals surface area contributed by atoms with Crippen LogP contribution in [0, 0.1) is 19.8 Å².